The largest absolute Gasteiger partial charge is 0.437 e. The first-order valence-electron chi connectivity index (χ1n) is 13.4. The molecular weight excluding hydrogens is 550 g/mol. The van der Waals surface area contributed by atoms with Crippen molar-refractivity contribution in [3.05, 3.63) is 66.2 Å². The lowest BCUT2D eigenvalue weighted by atomic mass is 9.95. The third-order valence-corrected chi connectivity index (χ3v) is 8.31. The van der Waals surface area contributed by atoms with E-state index < -0.39 is 21.5 Å². The molecule has 0 aliphatic carbocycles. The van der Waals surface area contributed by atoms with Crippen molar-refractivity contribution in [2.24, 2.45) is 0 Å². The van der Waals surface area contributed by atoms with Gasteiger partial charge in [0.05, 0.1) is 22.7 Å². The Morgan fingerprint density at radius 1 is 1.12 bits per heavy atom. The number of pyridine rings is 1. The number of piperidine rings is 1. The Morgan fingerprint density at radius 2 is 1.90 bits per heavy atom. The average molecular weight is 583 g/mol. The van der Waals surface area contributed by atoms with Gasteiger partial charge >= 0.3 is 0 Å². The Labute approximate surface area is 237 Å². The standard InChI is InChI=1S/C29H32F2N6O3S/c1-4-14-41(38,39)37-25-20-8-5-6-9-21(20)26(18(2)24(25)30)40-27-22(10-7-12-33-27)23-11-13-34-28(36-23)35-19-15-29(3,31)17-32-16-19/h5-13,19,32,37H,4,14-17H2,1-3H3,(H,34,35,36)/t19-,29-/m0/s1. The number of benzene rings is 2. The summed E-state index contributed by atoms with van der Waals surface area (Å²) in [6.45, 7) is 5.70. The average Bonchev–Trinajstić information content (AvgIpc) is 2.93. The van der Waals surface area contributed by atoms with Crippen LogP contribution in [0.25, 0.3) is 22.0 Å². The van der Waals surface area contributed by atoms with Crippen molar-refractivity contribution in [3.63, 3.8) is 0 Å². The van der Waals surface area contributed by atoms with Gasteiger partial charge in [0.2, 0.25) is 21.9 Å². The van der Waals surface area contributed by atoms with Crippen molar-refractivity contribution in [1.29, 1.82) is 0 Å². The zero-order valence-corrected chi connectivity index (χ0v) is 23.9. The van der Waals surface area contributed by atoms with Gasteiger partial charge in [0.1, 0.15) is 11.4 Å². The number of halogens is 2. The third-order valence-electron chi connectivity index (χ3n) is 6.85. The van der Waals surface area contributed by atoms with Crippen LogP contribution in [0.2, 0.25) is 0 Å². The summed E-state index contributed by atoms with van der Waals surface area (Å²) in [6.07, 6.45) is 3.85. The van der Waals surface area contributed by atoms with Crippen molar-refractivity contribution in [3.8, 4) is 22.9 Å². The van der Waals surface area contributed by atoms with E-state index in [-0.39, 0.29) is 34.7 Å². The van der Waals surface area contributed by atoms with Crippen LogP contribution in [0.3, 0.4) is 0 Å². The molecule has 2 aromatic carbocycles. The van der Waals surface area contributed by atoms with Crippen LogP contribution < -0.4 is 20.1 Å². The summed E-state index contributed by atoms with van der Waals surface area (Å²) in [7, 11) is -3.74. The molecule has 41 heavy (non-hydrogen) atoms. The highest BCUT2D eigenvalue weighted by Gasteiger charge is 2.32. The van der Waals surface area contributed by atoms with E-state index in [0.717, 1.165) is 0 Å². The van der Waals surface area contributed by atoms with E-state index >= 15 is 4.39 Å². The first-order chi connectivity index (χ1) is 19.6. The molecule has 0 radical (unpaired) electrons. The minimum absolute atomic E-state index is 0.117. The SMILES string of the molecule is CCCS(=O)(=O)Nc1c(F)c(C)c(Oc2ncccc2-c2ccnc(N[C@@H]3CNC[C@@](C)(F)C3)n2)c2ccccc12. The quantitative estimate of drug-likeness (QED) is 0.234. The van der Waals surface area contributed by atoms with E-state index in [2.05, 4.69) is 30.3 Å². The molecule has 0 amide bonds. The van der Waals surface area contributed by atoms with E-state index in [1.165, 1.54) is 6.92 Å². The van der Waals surface area contributed by atoms with Gasteiger partial charge in [-0.2, -0.15) is 0 Å². The van der Waals surface area contributed by atoms with Gasteiger partial charge in [-0.3, -0.25) is 4.72 Å². The van der Waals surface area contributed by atoms with Crippen molar-refractivity contribution in [2.45, 2.75) is 45.3 Å². The minimum Gasteiger partial charge on any atom is -0.437 e. The summed E-state index contributed by atoms with van der Waals surface area (Å²) >= 11 is 0. The molecule has 12 heteroatoms. The van der Waals surface area contributed by atoms with Crippen molar-refractivity contribution in [1.82, 2.24) is 20.3 Å². The second-order valence-corrected chi connectivity index (χ2v) is 12.3. The van der Waals surface area contributed by atoms with E-state index in [4.69, 9.17) is 4.74 Å². The summed E-state index contributed by atoms with van der Waals surface area (Å²) in [4.78, 5) is 13.3. The molecule has 1 aliphatic heterocycles. The van der Waals surface area contributed by atoms with E-state index in [1.54, 1.807) is 68.7 Å². The number of ether oxygens (including phenoxy) is 1. The number of rotatable bonds is 9. The second kappa shape index (κ2) is 11.5. The molecule has 0 spiro atoms. The maximum absolute atomic E-state index is 15.7. The fraction of sp³-hybridized carbons (Fsp3) is 0.345. The highest BCUT2D eigenvalue weighted by molar-refractivity contribution is 7.92. The number of hydrogen-bond donors (Lipinski definition) is 3. The Balaban J connectivity index is 1.50. The Kier molecular flexibility index (Phi) is 8.05. The molecule has 0 saturated carbocycles. The van der Waals surface area contributed by atoms with Gasteiger partial charge in [-0.05, 0) is 38.5 Å². The summed E-state index contributed by atoms with van der Waals surface area (Å²) in [6, 6.07) is 11.9. The fourth-order valence-corrected chi connectivity index (χ4v) is 6.15. The Bertz CT molecular complexity index is 1680. The monoisotopic (exact) mass is 582 g/mol. The van der Waals surface area contributed by atoms with E-state index in [9.17, 15) is 12.8 Å². The maximum atomic E-state index is 15.7. The lowest BCUT2D eigenvalue weighted by Gasteiger charge is -2.33. The molecule has 1 saturated heterocycles. The van der Waals surface area contributed by atoms with Crippen LogP contribution >= 0.6 is 0 Å². The molecule has 216 valence electrons. The fourth-order valence-electron chi connectivity index (χ4n) is 5.00. The number of aromatic nitrogens is 3. The third kappa shape index (κ3) is 6.38. The first kappa shape index (κ1) is 28.6. The van der Waals surface area contributed by atoms with Crippen molar-refractivity contribution in [2.75, 3.05) is 28.9 Å². The van der Waals surface area contributed by atoms with Gasteiger partial charge in [-0.25, -0.2) is 32.2 Å². The summed E-state index contributed by atoms with van der Waals surface area (Å²) in [5.74, 6) is -0.141. The molecule has 5 rings (SSSR count). The Morgan fingerprint density at radius 3 is 2.66 bits per heavy atom. The molecule has 3 N–H and O–H groups in total. The van der Waals surface area contributed by atoms with Gasteiger partial charge < -0.3 is 15.4 Å². The summed E-state index contributed by atoms with van der Waals surface area (Å²) in [5, 5.41) is 7.16. The number of nitrogens with one attached hydrogen (secondary N) is 3. The van der Waals surface area contributed by atoms with E-state index in [0.29, 0.717) is 53.9 Å². The summed E-state index contributed by atoms with van der Waals surface area (Å²) < 4.78 is 64.0. The molecule has 0 bridgehead atoms. The van der Waals surface area contributed by atoms with Crippen LogP contribution in [0.15, 0.2) is 54.9 Å². The normalized spacial score (nSPS) is 19.2. The van der Waals surface area contributed by atoms with Crippen LogP contribution in [0.5, 0.6) is 11.6 Å². The van der Waals surface area contributed by atoms with Crippen molar-refractivity contribution >= 4 is 32.4 Å². The number of sulfonamides is 1. The number of fused-ring (bicyclic) bond motifs is 1. The molecule has 2 atom stereocenters. The highest BCUT2D eigenvalue weighted by atomic mass is 32.2. The van der Waals surface area contributed by atoms with Crippen LogP contribution in [0.1, 0.15) is 32.3 Å². The molecule has 1 fully saturated rings. The van der Waals surface area contributed by atoms with Gasteiger partial charge in [0.15, 0.2) is 5.82 Å². The smallest absolute Gasteiger partial charge is 0.232 e. The van der Waals surface area contributed by atoms with Crippen LogP contribution in [0.4, 0.5) is 20.4 Å². The zero-order chi connectivity index (χ0) is 29.2. The number of nitrogens with zero attached hydrogens (tertiary/aromatic N) is 3. The van der Waals surface area contributed by atoms with Crippen molar-refractivity contribution < 1.29 is 21.9 Å². The number of alkyl halides is 1. The lowest BCUT2D eigenvalue weighted by molar-refractivity contribution is 0.137. The first-order valence-corrected chi connectivity index (χ1v) is 15.1. The highest BCUT2D eigenvalue weighted by Crippen LogP contribution is 2.42. The molecule has 9 nitrogen and oxygen atoms in total. The molecule has 3 heterocycles. The molecule has 4 aromatic rings. The number of hydrogen-bond acceptors (Lipinski definition) is 8. The predicted octanol–water partition coefficient (Wildman–Crippen LogP) is 5.59. The zero-order valence-electron chi connectivity index (χ0n) is 23.0. The molecule has 1 aliphatic rings. The second-order valence-electron chi connectivity index (χ2n) is 10.4. The van der Waals surface area contributed by atoms with Crippen LogP contribution in [-0.2, 0) is 10.0 Å². The molecule has 0 unspecified atom stereocenters. The topological polar surface area (TPSA) is 118 Å². The van der Waals surface area contributed by atoms with Gasteiger partial charge in [0.25, 0.3) is 0 Å². The lowest BCUT2D eigenvalue weighted by Crippen LogP contribution is -2.50. The predicted molar refractivity (Wildman–Crippen MR) is 156 cm³/mol. The number of anilines is 2. The van der Waals surface area contributed by atoms with Crippen LogP contribution in [0, 0.1) is 12.7 Å². The van der Waals surface area contributed by atoms with Gasteiger partial charge in [-0.1, -0.05) is 31.2 Å². The minimum atomic E-state index is -3.74. The van der Waals surface area contributed by atoms with Crippen LogP contribution in [-0.4, -0.2) is 53.9 Å². The molecule has 2 aromatic heterocycles. The maximum Gasteiger partial charge on any atom is 0.232 e. The molecular formula is C29H32F2N6O3S. The van der Waals surface area contributed by atoms with Gasteiger partial charge in [0, 0.05) is 54.3 Å². The van der Waals surface area contributed by atoms with E-state index in [1.807, 2.05) is 0 Å². The Hall–Kier alpha value is -3.90. The van der Waals surface area contributed by atoms with Gasteiger partial charge in [-0.15, -0.1) is 0 Å². The summed E-state index contributed by atoms with van der Waals surface area (Å²) in [5.41, 5.74) is -0.291.